The monoisotopic (exact) mass is 414 g/mol. The van der Waals surface area contributed by atoms with Crippen molar-refractivity contribution in [1.29, 1.82) is 0 Å². The molecular weight excluding hydrogens is 392 g/mol. The lowest BCUT2D eigenvalue weighted by Crippen LogP contribution is -2.71. The Morgan fingerprint density at radius 2 is 1.74 bits per heavy atom. The number of aryl methyl sites for hydroxylation is 3. The number of hydrogen-bond donors (Lipinski definition) is 2. The van der Waals surface area contributed by atoms with Gasteiger partial charge in [0.1, 0.15) is 17.5 Å². The van der Waals surface area contributed by atoms with E-state index in [4.69, 9.17) is 0 Å². The Morgan fingerprint density at radius 3 is 2.22 bits per heavy atom. The van der Waals surface area contributed by atoms with Gasteiger partial charge in [-0.2, -0.15) is 4.72 Å². The third-order valence-corrected chi connectivity index (χ3v) is 9.09. The van der Waals surface area contributed by atoms with Gasteiger partial charge in [0.2, 0.25) is 15.9 Å². The maximum Gasteiger partial charge on any atom is 0.328 e. The Hall–Kier alpha value is -1.78. The Bertz CT molecular complexity index is 962. The first kappa shape index (κ1) is 20.0. The normalized spacial score (nSPS) is 29.4. The Morgan fingerprint density at radius 1 is 1.22 bits per heavy atom. The van der Waals surface area contributed by atoms with Gasteiger partial charge in [0.05, 0.1) is 20.4 Å². The molecule has 1 aromatic carbocycles. The van der Waals surface area contributed by atoms with E-state index in [1.165, 1.54) is 13.8 Å². The van der Waals surface area contributed by atoms with E-state index in [2.05, 4.69) is 4.72 Å². The number of carbonyl (C=O) groups excluding carboxylic acids is 1. The van der Waals surface area contributed by atoms with Crippen molar-refractivity contribution >= 4 is 32.7 Å². The lowest BCUT2D eigenvalue weighted by Gasteiger charge is -2.42. The molecule has 2 saturated heterocycles. The third-order valence-electron chi connectivity index (χ3n) is 5.14. The quantitative estimate of drug-likeness (QED) is 0.689. The standard InChI is InChI=1S/C17H22N2O6S2/c1-8-6-9(2)12(10(3)7-8)27(24,25)18-11-14(20)19-13(16(21)22)17(4,5)26(23)15(11)19/h6-7,11,13,15,18H,1-5H3,(H,21,22)/t11-,13+,15-,26?/m1/s1. The van der Waals surface area contributed by atoms with E-state index in [-0.39, 0.29) is 4.90 Å². The summed E-state index contributed by atoms with van der Waals surface area (Å²) in [7, 11) is -5.78. The minimum Gasteiger partial charge on any atom is -0.480 e. The SMILES string of the molecule is Cc1cc(C)c(S(=O)(=O)N[C@@H]2C(=O)N3[C@@H]2S(=O)C(C)(C)[C@@H]3C(=O)O)c(C)c1. The van der Waals surface area contributed by atoms with Gasteiger partial charge in [0.25, 0.3) is 0 Å². The first-order chi connectivity index (χ1) is 12.3. The van der Waals surface area contributed by atoms with Crippen LogP contribution >= 0.6 is 0 Å². The zero-order valence-corrected chi connectivity index (χ0v) is 17.3. The van der Waals surface area contributed by atoms with Crippen molar-refractivity contribution in [2.75, 3.05) is 0 Å². The third kappa shape index (κ3) is 2.81. The van der Waals surface area contributed by atoms with E-state index in [9.17, 15) is 27.3 Å². The summed E-state index contributed by atoms with van der Waals surface area (Å²) < 4.78 is 39.8. The van der Waals surface area contributed by atoms with Crippen LogP contribution in [0.15, 0.2) is 17.0 Å². The molecule has 1 unspecified atom stereocenters. The van der Waals surface area contributed by atoms with E-state index in [0.717, 1.165) is 10.5 Å². The van der Waals surface area contributed by atoms with Crippen LogP contribution in [-0.4, -0.2) is 56.7 Å². The molecule has 3 rings (SSSR count). The Labute approximate surface area is 160 Å². The summed E-state index contributed by atoms with van der Waals surface area (Å²) in [5.74, 6) is -1.92. The zero-order valence-electron chi connectivity index (χ0n) is 15.6. The van der Waals surface area contributed by atoms with Crippen molar-refractivity contribution in [3.8, 4) is 0 Å². The molecule has 0 bridgehead atoms. The van der Waals surface area contributed by atoms with Crippen molar-refractivity contribution in [2.24, 2.45) is 0 Å². The van der Waals surface area contributed by atoms with Crippen LogP contribution in [0, 0.1) is 20.8 Å². The highest BCUT2D eigenvalue weighted by atomic mass is 32.2. The van der Waals surface area contributed by atoms with E-state index < -0.39 is 54.9 Å². The molecule has 2 heterocycles. The zero-order chi connectivity index (χ0) is 20.5. The Balaban J connectivity index is 1.96. The van der Waals surface area contributed by atoms with Crippen molar-refractivity contribution in [3.05, 3.63) is 28.8 Å². The summed E-state index contributed by atoms with van der Waals surface area (Å²) in [5, 5.41) is 8.44. The molecular formula is C17H22N2O6S2. The molecule has 0 spiro atoms. The summed E-state index contributed by atoms with van der Waals surface area (Å²) >= 11 is 0. The fourth-order valence-corrected chi connectivity index (χ4v) is 7.74. The number of rotatable bonds is 4. The maximum atomic E-state index is 12.9. The molecule has 2 aliphatic rings. The molecule has 2 N–H and O–H groups in total. The highest BCUT2D eigenvalue weighted by Crippen LogP contribution is 2.43. The van der Waals surface area contributed by atoms with Gasteiger partial charge >= 0.3 is 5.97 Å². The maximum absolute atomic E-state index is 12.9. The van der Waals surface area contributed by atoms with Crippen molar-refractivity contribution in [1.82, 2.24) is 9.62 Å². The molecule has 0 radical (unpaired) electrons. The number of nitrogens with one attached hydrogen (secondary N) is 1. The summed E-state index contributed by atoms with van der Waals surface area (Å²) in [6, 6.07) is 0.973. The highest BCUT2D eigenvalue weighted by molar-refractivity contribution is 7.90. The molecule has 0 saturated carbocycles. The molecule has 0 aliphatic carbocycles. The number of β-lactam (4-membered cyclic amide) rings is 1. The van der Waals surface area contributed by atoms with E-state index in [1.54, 1.807) is 26.0 Å². The number of aliphatic carboxylic acids is 1. The fraction of sp³-hybridized carbons (Fsp3) is 0.529. The molecule has 8 nitrogen and oxygen atoms in total. The predicted molar refractivity (Wildman–Crippen MR) is 99.0 cm³/mol. The fourth-order valence-electron chi connectivity index (χ4n) is 4.09. The molecule has 4 atom stereocenters. The van der Waals surface area contributed by atoms with Crippen LogP contribution in [0.25, 0.3) is 0 Å². The van der Waals surface area contributed by atoms with Crippen molar-refractivity contribution in [3.63, 3.8) is 0 Å². The molecule has 10 heteroatoms. The highest BCUT2D eigenvalue weighted by Gasteiger charge is 2.68. The van der Waals surface area contributed by atoms with E-state index in [1.807, 2.05) is 6.92 Å². The lowest BCUT2D eigenvalue weighted by molar-refractivity contribution is -0.159. The van der Waals surface area contributed by atoms with Gasteiger partial charge in [-0.25, -0.2) is 13.2 Å². The largest absolute Gasteiger partial charge is 0.480 e. The topological polar surface area (TPSA) is 121 Å². The number of fused-ring (bicyclic) bond motifs is 1. The predicted octanol–water partition coefficient (Wildman–Crippen LogP) is 0.421. The molecule has 1 aromatic rings. The second-order valence-corrected chi connectivity index (χ2v) is 11.4. The number of nitrogens with zero attached hydrogens (tertiary/aromatic N) is 1. The van der Waals surface area contributed by atoms with Crippen LogP contribution in [0.2, 0.25) is 0 Å². The number of hydrogen-bond acceptors (Lipinski definition) is 5. The smallest absolute Gasteiger partial charge is 0.328 e. The number of carboxylic acids is 1. The average Bonchev–Trinajstić information content (AvgIpc) is 2.68. The van der Waals surface area contributed by atoms with Gasteiger partial charge < -0.3 is 10.0 Å². The number of carboxylic acid groups (broad SMARTS) is 1. The summed E-state index contributed by atoms with van der Waals surface area (Å²) in [6.45, 7) is 8.20. The summed E-state index contributed by atoms with van der Waals surface area (Å²) in [6.07, 6.45) is 0. The van der Waals surface area contributed by atoms with Crippen LogP contribution in [0.3, 0.4) is 0 Å². The number of amides is 1. The average molecular weight is 415 g/mol. The van der Waals surface area contributed by atoms with Crippen LogP contribution in [0.4, 0.5) is 0 Å². The van der Waals surface area contributed by atoms with Crippen molar-refractivity contribution in [2.45, 2.75) is 61.7 Å². The van der Waals surface area contributed by atoms with Crippen molar-refractivity contribution < 1.29 is 27.3 Å². The lowest BCUT2D eigenvalue weighted by atomic mass is 9.96. The van der Waals surface area contributed by atoms with E-state index in [0.29, 0.717) is 11.1 Å². The van der Waals surface area contributed by atoms with Gasteiger partial charge in [-0.05, 0) is 45.7 Å². The van der Waals surface area contributed by atoms with Crippen LogP contribution in [-0.2, 0) is 30.4 Å². The number of carbonyl (C=O) groups is 2. The minimum atomic E-state index is -4.05. The molecule has 1 amide bonds. The van der Waals surface area contributed by atoms with Gasteiger partial charge in [0, 0.05) is 0 Å². The number of benzene rings is 1. The second-order valence-electron chi connectivity index (χ2n) is 7.60. The van der Waals surface area contributed by atoms with Crippen LogP contribution in [0.5, 0.6) is 0 Å². The van der Waals surface area contributed by atoms with Gasteiger partial charge in [-0.15, -0.1) is 0 Å². The van der Waals surface area contributed by atoms with E-state index >= 15 is 0 Å². The first-order valence-corrected chi connectivity index (χ1v) is 11.1. The molecule has 2 aliphatic heterocycles. The molecule has 0 aromatic heterocycles. The molecule has 148 valence electrons. The molecule has 2 fully saturated rings. The van der Waals surface area contributed by atoms with Gasteiger partial charge in [-0.1, -0.05) is 17.7 Å². The number of sulfonamides is 1. The Kier molecular flexibility index (Phi) is 4.52. The summed E-state index contributed by atoms with van der Waals surface area (Å²) in [4.78, 5) is 25.2. The molecule has 27 heavy (non-hydrogen) atoms. The minimum absolute atomic E-state index is 0.0807. The summed E-state index contributed by atoms with van der Waals surface area (Å²) in [5.41, 5.74) is 2.00. The second kappa shape index (κ2) is 6.11. The van der Waals surface area contributed by atoms with Gasteiger partial charge in [-0.3, -0.25) is 9.00 Å². The van der Waals surface area contributed by atoms with Gasteiger partial charge in [0.15, 0.2) is 0 Å². The van der Waals surface area contributed by atoms with Crippen LogP contribution < -0.4 is 4.72 Å². The first-order valence-electron chi connectivity index (χ1n) is 8.36. The van der Waals surface area contributed by atoms with Crippen LogP contribution in [0.1, 0.15) is 30.5 Å².